The average Bonchev–Trinajstić information content (AvgIpc) is 3.06. The third kappa shape index (κ3) is 6.99. The molecule has 1 aliphatic heterocycles. The summed E-state index contributed by atoms with van der Waals surface area (Å²) in [6.07, 6.45) is 2.34. The minimum atomic E-state index is -1.82. The Hall–Kier alpha value is 0.0169. The van der Waals surface area contributed by atoms with Crippen molar-refractivity contribution in [3.8, 4) is 0 Å². The normalized spacial score (nSPS) is 19.8. The molecule has 0 spiro atoms. The van der Waals surface area contributed by atoms with Crippen LogP contribution < -0.4 is 0 Å². The van der Waals surface area contributed by atoms with Crippen LogP contribution in [0.15, 0.2) is 0 Å². The molecular formula is C9H20O5Si. The second-order valence-electron chi connectivity index (χ2n) is 3.37. The maximum Gasteiger partial charge on any atom is 0.483 e. The predicted octanol–water partition coefficient (Wildman–Crippen LogP) is 0.209. The van der Waals surface area contributed by atoms with Crippen molar-refractivity contribution in [1.29, 1.82) is 0 Å². The fourth-order valence-corrected chi connectivity index (χ4v) is 1.92. The van der Waals surface area contributed by atoms with Crippen molar-refractivity contribution in [3.05, 3.63) is 0 Å². The van der Waals surface area contributed by atoms with Crippen LogP contribution in [0.5, 0.6) is 0 Å². The van der Waals surface area contributed by atoms with E-state index in [1.54, 1.807) is 14.2 Å². The van der Waals surface area contributed by atoms with Crippen molar-refractivity contribution in [2.24, 2.45) is 0 Å². The minimum absolute atomic E-state index is 0.361. The SMILES string of the molecule is CO[SiH](OC)OCCCCOCC1CO1. The molecular weight excluding hydrogens is 216 g/mol. The van der Waals surface area contributed by atoms with E-state index in [0.717, 1.165) is 32.7 Å². The topological polar surface area (TPSA) is 49.5 Å². The van der Waals surface area contributed by atoms with Gasteiger partial charge < -0.3 is 22.8 Å². The molecule has 1 heterocycles. The molecule has 15 heavy (non-hydrogen) atoms. The van der Waals surface area contributed by atoms with E-state index in [-0.39, 0.29) is 0 Å². The Morgan fingerprint density at radius 1 is 1.20 bits per heavy atom. The van der Waals surface area contributed by atoms with E-state index >= 15 is 0 Å². The summed E-state index contributed by atoms with van der Waals surface area (Å²) < 4.78 is 25.8. The van der Waals surface area contributed by atoms with Crippen molar-refractivity contribution in [3.63, 3.8) is 0 Å². The smallest absolute Gasteiger partial charge is 0.379 e. The number of unbranched alkanes of at least 4 members (excludes halogenated alkanes) is 1. The molecule has 1 unspecified atom stereocenters. The highest BCUT2D eigenvalue weighted by molar-refractivity contribution is 6.36. The molecule has 1 aliphatic rings. The van der Waals surface area contributed by atoms with Crippen molar-refractivity contribution in [2.45, 2.75) is 18.9 Å². The molecule has 1 atom stereocenters. The maximum atomic E-state index is 5.39. The van der Waals surface area contributed by atoms with Gasteiger partial charge in [0.15, 0.2) is 0 Å². The van der Waals surface area contributed by atoms with Crippen LogP contribution in [0.4, 0.5) is 0 Å². The maximum absolute atomic E-state index is 5.39. The summed E-state index contributed by atoms with van der Waals surface area (Å²) in [5.41, 5.74) is 0. The van der Waals surface area contributed by atoms with Gasteiger partial charge in [-0.3, -0.25) is 0 Å². The molecule has 5 nitrogen and oxygen atoms in total. The highest BCUT2D eigenvalue weighted by Crippen LogP contribution is 2.08. The molecule has 0 bridgehead atoms. The first-order valence-corrected chi connectivity index (χ1v) is 6.64. The van der Waals surface area contributed by atoms with Crippen LogP contribution in [0.3, 0.4) is 0 Å². The van der Waals surface area contributed by atoms with Gasteiger partial charge >= 0.3 is 9.53 Å². The molecule has 1 fully saturated rings. The van der Waals surface area contributed by atoms with Crippen LogP contribution in [-0.2, 0) is 22.8 Å². The van der Waals surface area contributed by atoms with Gasteiger partial charge in [0.05, 0.1) is 13.2 Å². The van der Waals surface area contributed by atoms with Crippen molar-refractivity contribution < 1.29 is 22.8 Å². The lowest BCUT2D eigenvalue weighted by Crippen LogP contribution is -2.24. The third-order valence-electron chi connectivity index (χ3n) is 2.03. The zero-order valence-electron chi connectivity index (χ0n) is 9.44. The number of rotatable bonds is 10. The van der Waals surface area contributed by atoms with Gasteiger partial charge in [-0.05, 0) is 12.8 Å². The lowest BCUT2D eigenvalue weighted by Gasteiger charge is -2.11. The van der Waals surface area contributed by atoms with E-state index in [2.05, 4.69) is 0 Å². The van der Waals surface area contributed by atoms with Gasteiger partial charge in [-0.15, -0.1) is 0 Å². The van der Waals surface area contributed by atoms with E-state index in [1.807, 2.05) is 0 Å². The lowest BCUT2D eigenvalue weighted by atomic mass is 10.3. The molecule has 0 aromatic rings. The quantitative estimate of drug-likeness (QED) is 0.308. The van der Waals surface area contributed by atoms with E-state index in [4.69, 9.17) is 22.8 Å². The predicted molar refractivity (Wildman–Crippen MR) is 56.9 cm³/mol. The van der Waals surface area contributed by atoms with Crippen LogP contribution in [0.1, 0.15) is 12.8 Å². The van der Waals surface area contributed by atoms with Crippen molar-refractivity contribution in [1.82, 2.24) is 0 Å². The average molecular weight is 236 g/mol. The fraction of sp³-hybridized carbons (Fsp3) is 1.00. The molecule has 0 amide bonds. The number of hydrogen-bond acceptors (Lipinski definition) is 5. The Balaban J connectivity index is 1.75. The second kappa shape index (κ2) is 8.20. The van der Waals surface area contributed by atoms with Crippen LogP contribution in [0, 0.1) is 0 Å². The highest BCUT2D eigenvalue weighted by Gasteiger charge is 2.21. The van der Waals surface area contributed by atoms with E-state index in [1.165, 1.54) is 0 Å². The van der Waals surface area contributed by atoms with Gasteiger partial charge in [0.2, 0.25) is 0 Å². The molecule has 1 rings (SSSR count). The van der Waals surface area contributed by atoms with E-state index in [0.29, 0.717) is 12.7 Å². The van der Waals surface area contributed by atoms with E-state index in [9.17, 15) is 0 Å². The largest absolute Gasteiger partial charge is 0.483 e. The van der Waals surface area contributed by atoms with Gasteiger partial charge in [0, 0.05) is 27.4 Å². The highest BCUT2D eigenvalue weighted by atomic mass is 28.3. The monoisotopic (exact) mass is 236 g/mol. The summed E-state index contributed by atoms with van der Waals surface area (Å²) >= 11 is 0. The Morgan fingerprint density at radius 3 is 2.47 bits per heavy atom. The van der Waals surface area contributed by atoms with Gasteiger partial charge in [-0.25, -0.2) is 0 Å². The lowest BCUT2D eigenvalue weighted by molar-refractivity contribution is 0.101. The molecule has 90 valence electrons. The van der Waals surface area contributed by atoms with Crippen LogP contribution >= 0.6 is 0 Å². The van der Waals surface area contributed by atoms with Crippen LogP contribution in [0.25, 0.3) is 0 Å². The molecule has 0 saturated carbocycles. The first-order valence-electron chi connectivity index (χ1n) is 5.23. The van der Waals surface area contributed by atoms with Crippen molar-refractivity contribution in [2.75, 3.05) is 40.6 Å². The standard InChI is InChI=1S/C9H20O5Si/c1-10-15(11-2)14-6-4-3-5-12-7-9-8-13-9/h9,15H,3-8H2,1-2H3. The number of ether oxygens (including phenoxy) is 2. The number of epoxide rings is 1. The fourth-order valence-electron chi connectivity index (χ4n) is 1.10. The Kier molecular flexibility index (Phi) is 7.15. The molecule has 6 heteroatoms. The summed E-state index contributed by atoms with van der Waals surface area (Å²) in [6, 6.07) is 0. The van der Waals surface area contributed by atoms with Gasteiger partial charge in [-0.1, -0.05) is 0 Å². The zero-order valence-corrected chi connectivity index (χ0v) is 10.6. The minimum Gasteiger partial charge on any atom is -0.379 e. The van der Waals surface area contributed by atoms with E-state index < -0.39 is 9.53 Å². The Bertz CT molecular complexity index is 149. The first kappa shape index (κ1) is 13.1. The molecule has 0 N–H and O–H groups in total. The summed E-state index contributed by atoms with van der Waals surface area (Å²) in [5, 5.41) is 0. The summed E-state index contributed by atoms with van der Waals surface area (Å²) in [7, 11) is 1.40. The van der Waals surface area contributed by atoms with Crippen LogP contribution in [0.2, 0.25) is 0 Å². The Labute approximate surface area is 92.6 Å². The molecule has 1 saturated heterocycles. The van der Waals surface area contributed by atoms with Crippen LogP contribution in [-0.4, -0.2) is 56.3 Å². The first-order chi connectivity index (χ1) is 7.36. The molecule has 0 radical (unpaired) electrons. The van der Waals surface area contributed by atoms with Gasteiger partial charge in [-0.2, -0.15) is 0 Å². The third-order valence-corrected chi connectivity index (χ3v) is 3.31. The van der Waals surface area contributed by atoms with Gasteiger partial charge in [0.25, 0.3) is 0 Å². The molecule has 0 aromatic carbocycles. The summed E-state index contributed by atoms with van der Waals surface area (Å²) in [5.74, 6) is 0. The molecule has 0 aromatic heterocycles. The second-order valence-corrected chi connectivity index (χ2v) is 5.22. The van der Waals surface area contributed by atoms with Crippen molar-refractivity contribution >= 4 is 9.53 Å². The number of hydrogen-bond donors (Lipinski definition) is 0. The zero-order chi connectivity index (χ0) is 10.9. The summed E-state index contributed by atoms with van der Waals surface area (Å²) in [6.45, 7) is 3.05. The molecule has 0 aliphatic carbocycles. The summed E-state index contributed by atoms with van der Waals surface area (Å²) in [4.78, 5) is 0. The van der Waals surface area contributed by atoms with Gasteiger partial charge in [0.1, 0.15) is 6.10 Å². The Morgan fingerprint density at radius 2 is 1.87 bits per heavy atom.